The molecule has 0 spiro atoms. The van der Waals surface area contributed by atoms with Crippen LogP contribution in [0.5, 0.6) is 17.2 Å². The summed E-state index contributed by atoms with van der Waals surface area (Å²) in [6.07, 6.45) is 0. The first kappa shape index (κ1) is 30.9. The van der Waals surface area contributed by atoms with Crippen molar-refractivity contribution in [1.29, 1.82) is 0 Å². The van der Waals surface area contributed by atoms with E-state index in [0.29, 0.717) is 57.2 Å². The number of carbonyl (C=O) groups is 1. The molecule has 1 N–H and O–H groups in total. The van der Waals surface area contributed by atoms with E-state index < -0.39 is 0 Å². The Kier molecular flexibility index (Phi) is 12.2. The van der Waals surface area contributed by atoms with Crippen molar-refractivity contribution in [3.63, 3.8) is 0 Å². The number of ether oxygens (including phenoxy) is 3. The Morgan fingerprint density at radius 3 is 1.23 bits per heavy atom. The van der Waals surface area contributed by atoms with E-state index in [1.807, 2.05) is 77.7 Å². The SMILES string of the molecule is CC(C)COc1ccc(CNC(=O)N(Cc2ccc(OCC(C)C)cc2)Cc2ccc(OCC(C)C)cc2)cc1. The maximum absolute atomic E-state index is 13.4. The van der Waals surface area contributed by atoms with E-state index in [4.69, 9.17) is 14.2 Å². The van der Waals surface area contributed by atoms with Gasteiger partial charge in [-0.1, -0.05) is 77.9 Å². The van der Waals surface area contributed by atoms with E-state index in [2.05, 4.69) is 46.9 Å². The smallest absolute Gasteiger partial charge is 0.318 e. The second kappa shape index (κ2) is 15.8. The van der Waals surface area contributed by atoms with Crippen molar-refractivity contribution in [1.82, 2.24) is 10.2 Å². The Labute approximate surface area is 240 Å². The Balaban J connectivity index is 1.66. The van der Waals surface area contributed by atoms with Gasteiger partial charge < -0.3 is 24.4 Å². The molecule has 0 aliphatic heterocycles. The van der Waals surface area contributed by atoms with Crippen molar-refractivity contribution in [3.8, 4) is 17.2 Å². The molecule has 6 nitrogen and oxygen atoms in total. The van der Waals surface area contributed by atoms with Gasteiger partial charge in [-0.3, -0.25) is 0 Å². The van der Waals surface area contributed by atoms with Crippen LogP contribution in [0.15, 0.2) is 72.8 Å². The third kappa shape index (κ3) is 11.2. The molecule has 0 unspecified atom stereocenters. The highest BCUT2D eigenvalue weighted by molar-refractivity contribution is 5.74. The molecule has 0 bridgehead atoms. The van der Waals surface area contributed by atoms with Crippen LogP contribution >= 0.6 is 0 Å². The maximum atomic E-state index is 13.4. The fraction of sp³-hybridized carbons (Fsp3) is 0.441. The first-order valence-corrected chi connectivity index (χ1v) is 14.4. The zero-order valence-electron chi connectivity index (χ0n) is 25.0. The molecule has 2 amide bonds. The zero-order valence-corrected chi connectivity index (χ0v) is 25.0. The topological polar surface area (TPSA) is 60.0 Å². The Morgan fingerprint density at radius 2 is 0.900 bits per heavy atom. The van der Waals surface area contributed by atoms with Crippen LogP contribution in [0.2, 0.25) is 0 Å². The predicted molar refractivity (Wildman–Crippen MR) is 162 cm³/mol. The monoisotopic (exact) mass is 546 g/mol. The summed E-state index contributed by atoms with van der Waals surface area (Å²) in [4.78, 5) is 15.2. The highest BCUT2D eigenvalue weighted by Crippen LogP contribution is 2.19. The summed E-state index contributed by atoms with van der Waals surface area (Å²) < 4.78 is 17.4. The summed E-state index contributed by atoms with van der Waals surface area (Å²) in [7, 11) is 0. The third-order valence-electron chi connectivity index (χ3n) is 6.00. The molecule has 3 aromatic rings. The van der Waals surface area contributed by atoms with Crippen molar-refractivity contribution in [2.75, 3.05) is 19.8 Å². The molecule has 0 heterocycles. The van der Waals surface area contributed by atoms with Crippen LogP contribution in [0.4, 0.5) is 4.79 Å². The molecule has 0 radical (unpaired) electrons. The normalized spacial score (nSPS) is 11.1. The Bertz CT molecular complexity index is 1080. The second-order valence-corrected chi connectivity index (χ2v) is 11.6. The lowest BCUT2D eigenvalue weighted by Gasteiger charge is -2.24. The van der Waals surface area contributed by atoms with Crippen molar-refractivity contribution < 1.29 is 19.0 Å². The fourth-order valence-electron chi connectivity index (χ4n) is 3.80. The first-order valence-electron chi connectivity index (χ1n) is 14.4. The minimum Gasteiger partial charge on any atom is -0.493 e. The van der Waals surface area contributed by atoms with E-state index >= 15 is 0 Å². The van der Waals surface area contributed by atoms with Crippen molar-refractivity contribution in [3.05, 3.63) is 89.5 Å². The molecule has 3 aromatic carbocycles. The molecule has 3 rings (SSSR count). The van der Waals surface area contributed by atoms with Gasteiger partial charge in [-0.05, 0) is 70.8 Å². The van der Waals surface area contributed by atoms with Gasteiger partial charge in [-0.15, -0.1) is 0 Å². The maximum Gasteiger partial charge on any atom is 0.318 e. The Hall–Kier alpha value is -3.67. The minimum absolute atomic E-state index is 0.125. The van der Waals surface area contributed by atoms with Gasteiger partial charge in [0, 0.05) is 19.6 Å². The average Bonchev–Trinajstić information content (AvgIpc) is 2.94. The van der Waals surface area contributed by atoms with Crippen LogP contribution in [-0.2, 0) is 19.6 Å². The molecule has 0 aliphatic carbocycles. The molecule has 216 valence electrons. The summed E-state index contributed by atoms with van der Waals surface area (Å²) in [5.41, 5.74) is 3.09. The Morgan fingerprint density at radius 1 is 0.575 bits per heavy atom. The number of carbonyl (C=O) groups excluding carboxylic acids is 1. The van der Waals surface area contributed by atoms with Crippen molar-refractivity contribution in [2.45, 2.75) is 61.2 Å². The molecule has 0 aliphatic rings. The van der Waals surface area contributed by atoms with Crippen LogP contribution in [0.25, 0.3) is 0 Å². The van der Waals surface area contributed by atoms with Crippen LogP contribution in [-0.4, -0.2) is 30.8 Å². The third-order valence-corrected chi connectivity index (χ3v) is 6.00. The van der Waals surface area contributed by atoms with E-state index in [-0.39, 0.29) is 6.03 Å². The largest absolute Gasteiger partial charge is 0.493 e. The number of urea groups is 1. The van der Waals surface area contributed by atoms with Crippen LogP contribution in [0.3, 0.4) is 0 Å². The van der Waals surface area contributed by atoms with Gasteiger partial charge >= 0.3 is 6.03 Å². The van der Waals surface area contributed by atoms with Gasteiger partial charge in [-0.25, -0.2) is 4.79 Å². The number of benzene rings is 3. The zero-order chi connectivity index (χ0) is 28.9. The van der Waals surface area contributed by atoms with Gasteiger partial charge in [0.25, 0.3) is 0 Å². The van der Waals surface area contributed by atoms with Gasteiger partial charge in [0.1, 0.15) is 17.2 Å². The molecule has 40 heavy (non-hydrogen) atoms. The summed E-state index contributed by atoms with van der Waals surface area (Å²) in [6.45, 7) is 16.2. The lowest BCUT2D eigenvalue weighted by Crippen LogP contribution is -2.38. The van der Waals surface area contributed by atoms with E-state index in [9.17, 15) is 4.79 Å². The van der Waals surface area contributed by atoms with Gasteiger partial charge in [0.15, 0.2) is 0 Å². The number of hydrogen-bond acceptors (Lipinski definition) is 4. The molecule has 0 atom stereocenters. The molecule has 0 fully saturated rings. The molecule has 0 aromatic heterocycles. The van der Waals surface area contributed by atoms with E-state index in [0.717, 1.165) is 33.9 Å². The predicted octanol–water partition coefficient (Wildman–Crippen LogP) is 7.70. The molecule has 6 heteroatoms. The molecule has 0 saturated carbocycles. The number of hydrogen-bond donors (Lipinski definition) is 1. The molecular formula is C34H46N2O4. The second-order valence-electron chi connectivity index (χ2n) is 11.6. The lowest BCUT2D eigenvalue weighted by molar-refractivity contribution is 0.191. The average molecular weight is 547 g/mol. The highest BCUT2D eigenvalue weighted by atomic mass is 16.5. The number of nitrogens with one attached hydrogen (secondary N) is 1. The highest BCUT2D eigenvalue weighted by Gasteiger charge is 2.15. The summed E-state index contributed by atoms with van der Waals surface area (Å²) in [6, 6.07) is 23.7. The summed E-state index contributed by atoms with van der Waals surface area (Å²) in [5.74, 6) is 3.91. The standard InChI is InChI=1S/C34H46N2O4/c1-25(2)22-38-31-13-7-28(8-14-31)19-35-34(37)36(20-29-9-15-32(16-10-29)39-23-26(3)4)21-30-11-17-33(18-12-30)40-24-27(5)6/h7-18,25-27H,19-24H2,1-6H3,(H,35,37). The van der Waals surface area contributed by atoms with Crippen LogP contribution in [0, 0.1) is 17.8 Å². The molecular weight excluding hydrogens is 500 g/mol. The van der Waals surface area contributed by atoms with Gasteiger partial charge in [0.2, 0.25) is 0 Å². The van der Waals surface area contributed by atoms with Gasteiger partial charge in [-0.2, -0.15) is 0 Å². The fourth-order valence-corrected chi connectivity index (χ4v) is 3.80. The summed E-state index contributed by atoms with van der Waals surface area (Å²) in [5, 5.41) is 3.09. The van der Waals surface area contributed by atoms with Crippen molar-refractivity contribution in [2.24, 2.45) is 17.8 Å². The van der Waals surface area contributed by atoms with E-state index in [1.54, 1.807) is 0 Å². The number of rotatable bonds is 15. The van der Waals surface area contributed by atoms with E-state index in [1.165, 1.54) is 0 Å². The van der Waals surface area contributed by atoms with Crippen LogP contribution < -0.4 is 19.5 Å². The van der Waals surface area contributed by atoms with Gasteiger partial charge in [0.05, 0.1) is 19.8 Å². The van der Waals surface area contributed by atoms with Crippen molar-refractivity contribution >= 4 is 6.03 Å². The summed E-state index contributed by atoms with van der Waals surface area (Å²) >= 11 is 0. The number of amides is 2. The number of nitrogens with zero attached hydrogens (tertiary/aromatic N) is 1. The first-order chi connectivity index (χ1) is 19.2. The quantitative estimate of drug-likeness (QED) is 0.212. The molecule has 0 saturated heterocycles. The van der Waals surface area contributed by atoms with Crippen LogP contribution in [0.1, 0.15) is 58.2 Å². The minimum atomic E-state index is -0.125. The lowest BCUT2D eigenvalue weighted by atomic mass is 10.1.